The molecule has 1 aliphatic rings. The van der Waals surface area contributed by atoms with Gasteiger partial charge in [-0.25, -0.2) is 0 Å². The van der Waals surface area contributed by atoms with Gasteiger partial charge in [0.15, 0.2) is 0 Å². The predicted molar refractivity (Wildman–Crippen MR) is 118 cm³/mol. The van der Waals surface area contributed by atoms with Crippen LogP contribution in [0.15, 0.2) is 59.1 Å². The SMILES string of the molecule is CC(C(=O)NC1CCN(Cc2ccccc2)CC1)N(C)Cc1ccccc1Br. The maximum atomic E-state index is 12.7. The van der Waals surface area contributed by atoms with Crippen LogP contribution in [0.5, 0.6) is 0 Å². The van der Waals surface area contributed by atoms with Crippen LogP contribution >= 0.6 is 15.9 Å². The summed E-state index contributed by atoms with van der Waals surface area (Å²) in [5.74, 6) is 0.121. The van der Waals surface area contributed by atoms with Crippen molar-refractivity contribution in [2.45, 2.75) is 44.9 Å². The molecule has 0 saturated carbocycles. The van der Waals surface area contributed by atoms with Crippen LogP contribution in [0.2, 0.25) is 0 Å². The van der Waals surface area contributed by atoms with Gasteiger partial charge in [0.2, 0.25) is 5.91 Å². The number of nitrogens with one attached hydrogen (secondary N) is 1. The highest BCUT2D eigenvalue weighted by atomic mass is 79.9. The molecule has 1 amide bonds. The first kappa shape index (κ1) is 21.0. The van der Waals surface area contributed by atoms with E-state index in [2.05, 4.69) is 67.4 Å². The third-order valence-corrected chi connectivity index (χ3v) is 6.37. The number of piperidine rings is 1. The third kappa shape index (κ3) is 5.90. The van der Waals surface area contributed by atoms with Crippen molar-refractivity contribution < 1.29 is 4.79 Å². The van der Waals surface area contributed by atoms with Gasteiger partial charge >= 0.3 is 0 Å². The number of carbonyl (C=O) groups is 1. The zero-order chi connectivity index (χ0) is 19.9. The maximum absolute atomic E-state index is 12.7. The Hall–Kier alpha value is -1.69. The zero-order valence-electron chi connectivity index (χ0n) is 16.8. The first-order chi connectivity index (χ1) is 13.5. The second-order valence-electron chi connectivity index (χ2n) is 7.73. The van der Waals surface area contributed by atoms with E-state index >= 15 is 0 Å². The van der Waals surface area contributed by atoms with E-state index in [9.17, 15) is 4.79 Å². The van der Waals surface area contributed by atoms with Crippen molar-refractivity contribution in [2.75, 3.05) is 20.1 Å². The van der Waals surface area contributed by atoms with Gasteiger partial charge in [0.05, 0.1) is 6.04 Å². The van der Waals surface area contributed by atoms with Crippen LogP contribution in [-0.4, -0.2) is 47.9 Å². The van der Waals surface area contributed by atoms with Crippen molar-refractivity contribution in [1.29, 1.82) is 0 Å². The molecule has 1 heterocycles. The number of hydrogen-bond acceptors (Lipinski definition) is 3. The molecule has 1 unspecified atom stereocenters. The minimum Gasteiger partial charge on any atom is -0.352 e. The Morgan fingerprint density at radius 1 is 1.14 bits per heavy atom. The fourth-order valence-electron chi connectivity index (χ4n) is 3.63. The van der Waals surface area contributed by atoms with Gasteiger partial charge in [0.1, 0.15) is 0 Å². The Morgan fingerprint density at radius 3 is 2.46 bits per heavy atom. The summed E-state index contributed by atoms with van der Waals surface area (Å²) in [6, 6.07) is 18.9. The fourth-order valence-corrected chi connectivity index (χ4v) is 4.04. The van der Waals surface area contributed by atoms with Crippen LogP contribution in [0, 0.1) is 0 Å². The monoisotopic (exact) mass is 443 g/mol. The molecule has 2 aromatic carbocycles. The van der Waals surface area contributed by atoms with Crippen LogP contribution in [-0.2, 0) is 17.9 Å². The lowest BCUT2D eigenvalue weighted by Crippen LogP contribution is -2.50. The summed E-state index contributed by atoms with van der Waals surface area (Å²) in [7, 11) is 2.01. The topological polar surface area (TPSA) is 35.6 Å². The molecule has 1 atom stereocenters. The molecule has 0 bridgehead atoms. The molecular weight excluding hydrogens is 414 g/mol. The number of carbonyl (C=O) groups excluding carboxylic acids is 1. The predicted octanol–water partition coefficient (Wildman–Crippen LogP) is 4.05. The van der Waals surface area contributed by atoms with E-state index in [1.807, 2.05) is 32.2 Å². The average molecular weight is 444 g/mol. The van der Waals surface area contributed by atoms with Crippen molar-refractivity contribution in [3.05, 3.63) is 70.2 Å². The van der Waals surface area contributed by atoms with E-state index in [-0.39, 0.29) is 18.0 Å². The third-order valence-electron chi connectivity index (χ3n) is 5.60. The largest absolute Gasteiger partial charge is 0.352 e. The number of likely N-dealkylation sites (N-methyl/N-ethyl adjacent to an activating group) is 1. The van der Waals surface area contributed by atoms with Crippen molar-refractivity contribution in [1.82, 2.24) is 15.1 Å². The molecule has 5 heteroatoms. The summed E-state index contributed by atoms with van der Waals surface area (Å²) in [5.41, 5.74) is 2.55. The lowest BCUT2D eigenvalue weighted by atomic mass is 10.0. The summed E-state index contributed by atoms with van der Waals surface area (Å²) in [6.07, 6.45) is 2.03. The van der Waals surface area contributed by atoms with Crippen molar-refractivity contribution in [3.63, 3.8) is 0 Å². The number of benzene rings is 2. The molecule has 0 aromatic heterocycles. The molecule has 0 spiro atoms. The van der Waals surface area contributed by atoms with Gasteiger partial charge in [-0.1, -0.05) is 64.5 Å². The smallest absolute Gasteiger partial charge is 0.237 e. The van der Waals surface area contributed by atoms with E-state index < -0.39 is 0 Å². The van der Waals surface area contributed by atoms with E-state index in [4.69, 9.17) is 0 Å². The molecule has 0 aliphatic carbocycles. The number of hydrogen-bond donors (Lipinski definition) is 1. The molecule has 0 radical (unpaired) electrons. The van der Waals surface area contributed by atoms with Crippen molar-refractivity contribution >= 4 is 21.8 Å². The fraction of sp³-hybridized carbons (Fsp3) is 0.435. The highest BCUT2D eigenvalue weighted by Crippen LogP contribution is 2.19. The summed E-state index contributed by atoms with van der Waals surface area (Å²) in [4.78, 5) is 17.3. The molecule has 2 aromatic rings. The lowest BCUT2D eigenvalue weighted by molar-refractivity contribution is -0.126. The zero-order valence-corrected chi connectivity index (χ0v) is 18.4. The van der Waals surface area contributed by atoms with Gasteiger partial charge in [0, 0.05) is 36.7 Å². The molecule has 4 nitrogen and oxygen atoms in total. The summed E-state index contributed by atoms with van der Waals surface area (Å²) in [5, 5.41) is 3.27. The minimum absolute atomic E-state index is 0.121. The number of amides is 1. The van der Waals surface area contributed by atoms with Crippen LogP contribution in [0.4, 0.5) is 0 Å². The van der Waals surface area contributed by atoms with E-state index in [1.165, 1.54) is 11.1 Å². The minimum atomic E-state index is -0.158. The Bertz CT molecular complexity index is 759. The molecule has 1 saturated heterocycles. The maximum Gasteiger partial charge on any atom is 0.237 e. The molecular formula is C23H30BrN3O. The normalized spacial score (nSPS) is 16.9. The molecule has 150 valence electrons. The van der Waals surface area contributed by atoms with Crippen molar-refractivity contribution in [2.24, 2.45) is 0 Å². The Labute approximate surface area is 177 Å². The van der Waals surface area contributed by atoms with Gasteiger partial charge in [0.25, 0.3) is 0 Å². The van der Waals surface area contributed by atoms with Gasteiger partial charge in [-0.2, -0.15) is 0 Å². The number of halogens is 1. The summed E-state index contributed by atoms with van der Waals surface area (Å²) >= 11 is 3.59. The second-order valence-corrected chi connectivity index (χ2v) is 8.58. The highest BCUT2D eigenvalue weighted by molar-refractivity contribution is 9.10. The van der Waals surface area contributed by atoms with E-state index in [0.717, 1.165) is 43.5 Å². The van der Waals surface area contributed by atoms with E-state index in [1.54, 1.807) is 0 Å². The van der Waals surface area contributed by atoms with Gasteiger partial charge in [-0.15, -0.1) is 0 Å². The first-order valence-electron chi connectivity index (χ1n) is 10.0. The lowest BCUT2D eigenvalue weighted by Gasteiger charge is -2.33. The first-order valence-corrected chi connectivity index (χ1v) is 10.8. The highest BCUT2D eigenvalue weighted by Gasteiger charge is 2.24. The summed E-state index contributed by atoms with van der Waals surface area (Å²) < 4.78 is 1.08. The average Bonchev–Trinajstić information content (AvgIpc) is 2.71. The standard InChI is InChI=1S/C23H30BrN3O/c1-18(26(2)17-20-10-6-7-11-22(20)24)23(28)25-21-12-14-27(15-13-21)16-19-8-4-3-5-9-19/h3-11,18,21H,12-17H2,1-2H3,(H,25,28). The van der Waals surface area contributed by atoms with Crippen LogP contribution in [0.1, 0.15) is 30.9 Å². The summed E-state index contributed by atoms with van der Waals surface area (Å²) in [6.45, 7) is 5.77. The molecule has 28 heavy (non-hydrogen) atoms. The Kier molecular flexibility index (Phi) is 7.65. The van der Waals surface area contributed by atoms with Crippen LogP contribution in [0.25, 0.3) is 0 Å². The molecule has 1 fully saturated rings. The Balaban J connectivity index is 1.44. The number of rotatable bonds is 7. The van der Waals surface area contributed by atoms with Gasteiger partial charge in [-0.3, -0.25) is 14.6 Å². The van der Waals surface area contributed by atoms with Gasteiger partial charge in [-0.05, 0) is 44.0 Å². The number of likely N-dealkylation sites (tertiary alicyclic amines) is 1. The molecule has 1 N–H and O–H groups in total. The van der Waals surface area contributed by atoms with Crippen LogP contribution < -0.4 is 5.32 Å². The van der Waals surface area contributed by atoms with Crippen LogP contribution in [0.3, 0.4) is 0 Å². The van der Waals surface area contributed by atoms with Gasteiger partial charge < -0.3 is 5.32 Å². The van der Waals surface area contributed by atoms with E-state index in [0.29, 0.717) is 0 Å². The quantitative estimate of drug-likeness (QED) is 0.700. The Morgan fingerprint density at radius 2 is 1.79 bits per heavy atom. The molecule has 3 rings (SSSR count). The van der Waals surface area contributed by atoms with Crippen molar-refractivity contribution in [3.8, 4) is 0 Å². The number of nitrogens with zero attached hydrogens (tertiary/aromatic N) is 2. The molecule has 1 aliphatic heterocycles. The second kappa shape index (κ2) is 10.2.